The van der Waals surface area contributed by atoms with E-state index in [0.29, 0.717) is 5.02 Å². The summed E-state index contributed by atoms with van der Waals surface area (Å²) in [6, 6.07) is 6.90. The van der Waals surface area contributed by atoms with E-state index in [-0.39, 0.29) is 11.6 Å². The largest absolute Gasteiger partial charge is 0.310 e. The van der Waals surface area contributed by atoms with Crippen LogP contribution < -0.4 is 4.90 Å². The Morgan fingerprint density at radius 1 is 1.36 bits per heavy atom. The van der Waals surface area contributed by atoms with Gasteiger partial charge in [-0.2, -0.15) is 0 Å². The molecule has 0 heterocycles. The highest BCUT2D eigenvalue weighted by atomic mass is 35.5. The highest BCUT2D eigenvalue weighted by molar-refractivity contribution is 6.41. The first-order valence-electron chi connectivity index (χ1n) is 4.11. The zero-order valence-electron chi connectivity index (χ0n) is 8.04. The van der Waals surface area contributed by atoms with Crippen molar-refractivity contribution in [1.29, 1.82) is 5.41 Å². The minimum Gasteiger partial charge on any atom is -0.310 e. The van der Waals surface area contributed by atoms with Gasteiger partial charge in [0.1, 0.15) is 0 Å². The smallest absolute Gasteiger partial charge is 0.271 e. The summed E-state index contributed by atoms with van der Waals surface area (Å²) in [7, 11) is 1.63. The van der Waals surface area contributed by atoms with E-state index >= 15 is 0 Å². The number of hydrogen-bond donors (Lipinski definition) is 1. The lowest BCUT2D eigenvalue weighted by molar-refractivity contribution is -0.112. The Morgan fingerprint density at radius 2 is 1.86 bits per heavy atom. The molecule has 1 N–H and O–H groups in total. The number of halogens is 1. The Kier molecular flexibility index (Phi) is 3.25. The zero-order chi connectivity index (χ0) is 10.7. The quantitative estimate of drug-likeness (QED) is 0.749. The summed E-state index contributed by atoms with van der Waals surface area (Å²) in [4.78, 5) is 12.8. The lowest BCUT2D eigenvalue weighted by atomic mass is 10.2. The van der Waals surface area contributed by atoms with Crippen molar-refractivity contribution in [2.45, 2.75) is 6.92 Å². The second-order valence-corrected chi connectivity index (χ2v) is 3.40. The lowest BCUT2D eigenvalue weighted by Crippen LogP contribution is -2.31. The second kappa shape index (κ2) is 4.24. The highest BCUT2D eigenvalue weighted by Gasteiger charge is 2.11. The summed E-state index contributed by atoms with van der Waals surface area (Å²) in [6.45, 7) is 1.47. The van der Waals surface area contributed by atoms with Gasteiger partial charge in [0.05, 0.1) is 5.71 Å². The molecule has 0 aliphatic carbocycles. The third kappa shape index (κ3) is 2.33. The Bertz CT molecular complexity index is 359. The van der Waals surface area contributed by atoms with Crippen molar-refractivity contribution in [1.82, 2.24) is 0 Å². The average molecular weight is 211 g/mol. The summed E-state index contributed by atoms with van der Waals surface area (Å²) in [6.07, 6.45) is 0. The Hall–Kier alpha value is -1.35. The summed E-state index contributed by atoms with van der Waals surface area (Å²) in [5.74, 6) is -0.313. The fraction of sp³-hybridized carbons (Fsp3) is 0.200. The van der Waals surface area contributed by atoms with Crippen LogP contribution in [0.3, 0.4) is 0 Å². The van der Waals surface area contributed by atoms with Gasteiger partial charge in [0.15, 0.2) is 0 Å². The van der Waals surface area contributed by atoms with Crippen molar-refractivity contribution in [3.63, 3.8) is 0 Å². The molecule has 14 heavy (non-hydrogen) atoms. The Balaban J connectivity index is 2.89. The van der Waals surface area contributed by atoms with Crippen LogP contribution in [0.4, 0.5) is 5.69 Å². The molecular formula is C10H11ClN2O. The topological polar surface area (TPSA) is 44.2 Å². The SMILES string of the molecule is CC(=N)C(=O)N(C)c1ccc(Cl)cc1. The first-order valence-corrected chi connectivity index (χ1v) is 4.49. The summed E-state index contributed by atoms with van der Waals surface area (Å²) < 4.78 is 0. The first kappa shape index (κ1) is 10.7. The van der Waals surface area contributed by atoms with Crippen LogP contribution in [0.5, 0.6) is 0 Å². The molecule has 0 aromatic heterocycles. The van der Waals surface area contributed by atoms with E-state index in [4.69, 9.17) is 17.0 Å². The number of rotatable bonds is 2. The summed E-state index contributed by atoms with van der Waals surface area (Å²) >= 11 is 5.71. The lowest BCUT2D eigenvalue weighted by Gasteiger charge is -2.16. The van der Waals surface area contributed by atoms with Crippen LogP contribution in [-0.2, 0) is 4.79 Å². The number of carbonyl (C=O) groups excluding carboxylic acids is 1. The molecule has 4 heteroatoms. The maximum atomic E-state index is 11.4. The van der Waals surface area contributed by atoms with Crippen LogP contribution in [0.1, 0.15) is 6.92 Å². The molecule has 0 aliphatic heterocycles. The number of hydrogen-bond acceptors (Lipinski definition) is 2. The molecule has 0 radical (unpaired) electrons. The van der Waals surface area contributed by atoms with Crippen molar-refractivity contribution in [2.75, 3.05) is 11.9 Å². The van der Waals surface area contributed by atoms with Gasteiger partial charge < -0.3 is 4.90 Å². The van der Waals surface area contributed by atoms with E-state index in [1.165, 1.54) is 11.8 Å². The number of carbonyl (C=O) groups is 1. The average Bonchev–Trinajstić information content (AvgIpc) is 2.16. The third-order valence-corrected chi connectivity index (χ3v) is 2.09. The fourth-order valence-electron chi connectivity index (χ4n) is 1.03. The number of nitrogens with one attached hydrogen (secondary N) is 1. The van der Waals surface area contributed by atoms with E-state index < -0.39 is 0 Å². The monoisotopic (exact) mass is 210 g/mol. The molecule has 0 saturated heterocycles. The maximum absolute atomic E-state index is 11.4. The fourth-order valence-corrected chi connectivity index (χ4v) is 1.16. The number of nitrogens with zero attached hydrogens (tertiary/aromatic N) is 1. The second-order valence-electron chi connectivity index (χ2n) is 2.97. The van der Waals surface area contributed by atoms with Crippen LogP contribution in [0.25, 0.3) is 0 Å². The molecule has 0 fully saturated rings. The van der Waals surface area contributed by atoms with Gasteiger partial charge in [-0.3, -0.25) is 10.2 Å². The van der Waals surface area contributed by atoms with Crippen LogP contribution in [0, 0.1) is 5.41 Å². The molecule has 0 aliphatic rings. The molecule has 0 bridgehead atoms. The molecule has 0 saturated carbocycles. The molecular weight excluding hydrogens is 200 g/mol. The molecule has 1 aromatic rings. The Morgan fingerprint density at radius 3 is 2.29 bits per heavy atom. The van der Waals surface area contributed by atoms with Gasteiger partial charge in [-0.1, -0.05) is 11.6 Å². The standard InChI is InChI=1S/C10H11ClN2O/c1-7(12)10(14)13(2)9-5-3-8(11)4-6-9/h3-6,12H,1-2H3. The van der Waals surface area contributed by atoms with Gasteiger partial charge in [0.25, 0.3) is 5.91 Å². The molecule has 3 nitrogen and oxygen atoms in total. The minimum atomic E-state index is -0.313. The van der Waals surface area contributed by atoms with Gasteiger partial charge in [-0.15, -0.1) is 0 Å². The van der Waals surface area contributed by atoms with Gasteiger partial charge in [0.2, 0.25) is 0 Å². The molecule has 0 atom stereocenters. The van der Waals surface area contributed by atoms with Gasteiger partial charge in [-0.05, 0) is 31.2 Å². The highest BCUT2D eigenvalue weighted by Crippen LogP contribution is 2.16. The van der Waals surface area contributed by atoms with E-state index in [0.717, 1.165) is 5.69 Å². The van der Waals surface area contributed by atoms with Crippen molar-refractivity contribution in [3.05, 3.63) is 29.3 Å². The van der Waals surface area contributed by atoms with Gasteiger partial charge >= 0.3 is 0 Å². The van der Waals surface area contributed by atoms with Crippen LogP contribution in [0.2, 0.25) is 5.02 Å². The van der Waals surface area contributed by atoms with E-state index in [1.54, 1.807) is 31.3 Å². The number of benzene rings is 1. The molecule has 74 valence electrons. The van der Waals surface area contributed by atoms with Gasteiger partial charge in [-0.25, -0.2) is 0 Å². The normalized spacial score (nSPS) is 9.64. The molecule has 0 unspecified atom stereocenters. The minimum absolute atomic E-state index is 0.0162. The summed E-state index contributed by atoms with van der Waals surface area (Å²) in [5, 5.41) is 7.83. The van der Waals surface area contributed by atoms with Crippen LogP contribution >= 0.6 is 11.6 Å². The van der Waals surface area contributed by atoms with Crippen LogP contribution in [0.15, 0.2) is 24.3 Å². The van der Waals surface area contributed by atoms with Crippen molar-refractivity contribution >= 4 is 28.9 Å². The molecule has 1 rings (SSSR count). The van der Waals surface area contributed by atoms with Crippen molar-refractivity contribution < 1.29 is 4.79 Å². The van der Waals surface area contributed by atoms with Crippen molar-refractivity contribution in [2.24, 2.45) is 0 Å². The maximum Gasteiger partial charge on any atom is 0.271 e. The van der Waals surface area contributed by atoms with E-state index in [1.807, 2.05) is 0 Å². The number of amides is 1. The zero-order valence-corrected chi connectivity index (χ0v) is 8.80. The first-order chi connectivity index (χ1) is 6.52. The summed E-state index contributed by atoms with van der Waals surface area (Å²) in [5.41, 5.74) is 0.744. The van der Waals surface area contributed by atoms with Crippen LogP contribution in [-0.4, -0.2) is 18.7 Å². The van der Waals surface area contributed by atoms with E-state index in [9.17, 15) is 4.79 Å². The predicted octanol–water partition coefficient (Wildman–Crippen LogP) is 2.34. The molecule has 1 aromatic carbocycles. The predicted molar refractivity (Wildman–Crippen MR) is 58.3 cm³/mol. The van der Waals surface area contributed by atoms with Crippen molar-refractivity contribution in [3.8, 4) is 0 Å². The molecule has 0 spiro atoms. The Labute approximate surface area is 87.8 Å². The van der Waals surface area contributed by atoms with E-state index in [2.05, 4.69) is 0 Å². The number of anilines is 1. The van der Waals surface area contributed by atoms with Gasteiger partial charge in [0, 0.05) is 17.8 Å². The molecule has 1 amide bonds. The third-order valence-electron chi connectivity index (χ3n) is 1.84.